The predicted octanol–water partition coefficient (Wildman–Crippen LogP) is -0.495. The quantitative estimate of drug-likeness (QED) is 0.266. The number of nitrogens with one attached hydrogen (secondary N) is 4. The molecule has 1 heterocycles. The maximum atomic E-state index is 12.8. The summed E-state index contributed by atoms with van der Waals surface area (Å²) < 4.78 is 27.0. The fraction of sp³-hybridized carbons (Fsp3) is 0.556. The first kappa shape index (κ1) is 22.5. The zero-order chi connectivity index (χ0) is 20.6. The molecule has 0 saturated carbocycles. The van der Waals surface area contributed by atoms with Crippen LogP contribution in [0.15, 0.2) is 29.2 Å². The largest absolute Gasteiger partial charge is 0.361 e. The highest BCUT2D eigenvalue weighted by Crippen LogP contribution is 2.21. The molecular weight excluding hydrogens is 398 g/mol. The number of carbonyl (C=O) groups is 1. The van der Waals surface area contributed by atoms with E-state index in [9.17, 15) is 13.2 Å². The fourth-order valence-electron chi connectivity index (χ4n) is 2.93. The summed E-state index contributed by atoms with van der Waals surface area (Å²) in [6.45, 7) is 2.77. The van der Waals surface area contributed by atoms with Gasteiger partial charge in [-0.2, -0.15) is 4.31 Å². The Balaban J connectivity index is 1.90. The molecule has 0 aliphatic carbocycles. The number of sulfonamides is 1. The molecule has 4 N–H and O–H groups in total. The van der Waals surface area contributed by atoms with E-state index in [-0.39, 0.29) is 10.5 Å². The number of nitrogens with zero attached hydrogens (tertiary/aromatic N) is 1. The van der Waals surface area contributed by atoms with Gasteiger partial charge in [-0.1, -0.05) is 12.5 Å². The lowest BCUT2D eigenvalue weighted by molar-refractivity contribution is -0.858. The van der Waals surface area contributed by atoms with Gasteiger partial charge in [-0.15, -0.1) is 0 Å². The van der Waals surface area contributed by atoms with E-state index in [1.807, 2.05) is 0 Å². The van der Waals surface area contributed by atoms with Crippen molar-refractivity contribution in [3.8, 4) is 0 Å². The Hall–Kier alpha value is -1.75. The van der Waals surface area contributed by atoms with Crippen molar-refractivity contribution < 1.29 is 18.1 Å². The number of carbonyl (C=O) groups excluding carboxylic acids is 1. The molecule has 0 atom stereocenters. The predicted molar refractivity (Wildman–Crippen MR) is 113 cm³/mol. The van der Waals surface area contributed by atoms with Crippen molar-refractivity contribution in [2.24, 2.45) is 0 Å². The summed E-state index contributed by atoms with van der Waals surface area (Å²) in [5.41, 5.74) is 5.40. The van der Waals surface area contributed by atoms with Gasteiger partial charge in [-0.3, -0.25) is 15.6 Å². The van der Waals surface area contributed by atoms with Gasteiger partial charge in [-0.05, 0) is 43.3 Å². The van der Waals surface area contributed by atoms with Gasteiger partial charge >= 0.3 is 0 Å². The zero-order valence-electron chi connectivity index (χ0n) is 16.5. The number of quaternary nitrogens is 1. The van der Waals surface area contributed by atoms with Crippen LogP contribution in [-0.4, -0.2) is 64.0 Å². The van der Waals surface area contributed by atoms with E-state index in [0.29, 0.717) is 24.7 Å². The molecule has 1 amide bonds. The molecule has 0 radical (unpaired) electrons. The second-order valence-corrected chi connectivity index (χ2v) is 9.48. The summed E-state index contributed by atoms with van der Waals surface area (Å²) >= 11 is 5.13. The van der Waals surface area contributed by atoms with Crippen LogP contribution in [0.1, 0.15) is 36.0 Å². The second-order valence-electron chi connectivity index (χ2n) is 7.14. The molecule has 1 aliphatic heterocycles. The first-order chi connectivity index (χ1) is 13.3. The van der Waals surface area contributed by atoms with Crippen LogP contribution in [0.2, 0.25) is 0 Å². The van der Waals surface area contributed by atoms with Crippen LogP contribution in [0, 0.1) is 0 Å². The Kier molecular flexibility index (Phi) is 8.61. The summed E-state index contributed by atoms with van der Waals surface area (Å²) in [6.07, 6.45) is 3.73. The van der Waals surface area contributed by atoms with Crippen molar-refractivity contribution in [2.75, 3.05) is 40.3 Å². The number of amides is 1. The van der Waals surface area contributed by atoms with Crippen LogP contribution < -0.4 is 21.1 Å². The molecule has 1 aromatic carbocycles. The molecule has 0 aromatic heterocycles. The van der Waals surface area contributed by atoms with Crippen LogP contribution in [-0.2, 0) is 10.0 Å². The molecule has 10 heteroatoms. The Bertz CT molecular complexity index is 777. The Morgan fingerprint density at radius 3 is 2.57 bits per heavy atom. The zero-order valence-corrected chi connectivity index (χ0v) is 18.1. The number of thiocarbonyl (C=S) groups is 1. The summed E-state index contributed by atoms with van der Waals surface area (Å²) in [6, 6.07) is 6.07. The van der Waals surface area contributed by atoms with Gasteiger partial charge in [0.25, 0.3) is 5.91 Å². The summed E-state index contributed by atoms with van der Waals surface area (Å²) in [5.74, 6) is -0.447. The molecule has 8 nitrogen and oxygen atoms in total. The molecule has 156 valence electrons. The monoisotopic (exact) mass is 428 g/mol. The van der Waals surface area contributed by atoms with Gasteiger partial charge in [0.2, 0.25) is 10.0 Å². The number of piperidine rings is 1. The topological polar surface area (TPSA) is 95.0 Å². The normalized spacial score (nSPS) is 15.2. The molecule has 1 aliphatic rings. The summed E-state index contributed by atoms with van der Waals surface area (Å²) in [4.78, 5) is 13.8. The van der Waals surface area contributed by atoms with Crippen molar-refractivity contribution in [1.82, 2.24) is 20.5 Å². The smallest absolute Gasteiger partial charge is 0.269 e. The van der Waals surface area contributed by atoms with Crippen LogP contribution >= 0.6 is 12.2 Å². The van der Waals surface area contributed by atoms with Crippen molar-refractivity contribution in [2.45, 2.75) is 30.6 Å². The minimum Gasteiger partial charge on any atom is -0.361 e. The lowest BCUT2D eigenvalue weighted by Crippen LogP contribution is -3.05. The highest BCUT2D eigenvalue weighted by atomic mass is 32.2. The minimum atomic E-state index is -3.58. The maximum absolute atomic E-state index is 12.8. The third kappa shape index (κ3) is 6.69. The third-order valence-electron chi connectivity index (χ3n) is 4.48. The van der Waals surface area contributed by atoms with Gasteiger partial charge in [0.15, 0.2) is 5.11 Å². The van der Waals surface area contributed by atoms with E-state index in [2.05, 4.69) is 30.3 Å². The molecule has 2 rings (SSSR count). The number of hydrazine groups is 1. The molecule has 0 bridgehead atoms. The summed E-state index contributed by atoms with van der Waals surface area (Å²) in [7, 11) is 0.581. The van der Waals surface area contributed by atoms with E-state index in [0.717, 1.165) is 32.2 Å². The number of benzene rings is 1. The SMILES string of the molecule is C[NH+](C)CCCNC(=S)NNC(=O)c1cccc(S(=O)(=O)N2CCCCC2)c1. The van der Waals surface area contributed by atoms with Gasteiger partial charge < -0.3 is 10.2 Å². The van der Waals surface area contributed by atoms with E-state index >= 15 is 0 Å². The molecule has 1 fully saturated rings. The van der Waals surface area contributed by atoms with Crippen LogP contribution in [0.4, 0.5) is 0 Å². The van der Waals surface area contributed by atoms with E-state index in [4.69, 9.17) is 12.2 Å². The average Bonchev–Trinajstić information content (AvgIpc) is 2.70. The Labute approximate surface area is 172 Å². The average molecular weight is 429 g/mol. The van der Waals surface area contributed by atoms with Crippen LogP contribution in [0.25, 0.3) is 0 Å². The van der Waals surface area contributed by atoms with E-state index in [1.165, 1.54) is 21.3 Å². The number of hydrogen-bond donors (Lipinski definition) is 4. The number of rotatable bonds is 7. The molecule has 1 saturated heterocycles. The first-order valence-electron chi connectivity index (χ1n) is 9.54. The van der Waals surface area contributed by atoms with Crippen molar-refractivity contribution in [1.29, 1.82) is 0 Å². The molecule has 1 aromatic rings. The lowest BCUT2D eigenvalue weighted by atomic mass is 10.2. The van der Waals surface area contributed by atoms with Crippen LogP contribution in [0.5, 0.6) is 0 Å². The Morgan fingerprint density at radius 1 is 1.18 bits per heavy atom. The van der Waals surface area contributed by atoms with Gasteiger partial charge in [0.05, 0.1) is 25.5 Å². The van der Waals surface area contributed by atoms with Crippen LogP contribution in [0.3, 0.4) is 0 Å². The second kappa shape index (κ2) is 10.7. The molecule has 0 spiro atoms. The molecular formula is C18H30N5O3S2+. The Morgan fingerprint density at radius 2 is 1.89 bits per heavy atom. The van der Waals surface area contributed by atoms with Crippen molar-refractivity contribution >= 4 is 33.3 Å². The van der Waals surface area contributed by atoms with Crippen molar-refractivity contribution in [3.63, 3.8) is 0 Å². The summed E-state index contributed by atoms with van der Waals surface area (Å²) in [5, 5.41) is 3.33. The number of hydrogen-bond acceptors (Lipinski definition) is 4. The minimum absolute atomic E-state index is 0.133. The van der Waals surface area contributed by atoms with E-state index in [1.54, 1.807) is 12.1 Å². The van der Waals surface area contributed by atoms with E-state index < -0.39 is 15.9 Å². The lowest BCUT2D eigenvalue weighted by Gasteiger charge is -2.26. The third-order valence-corrected chi connectivity index (χ3v) is 6.62. The molecule has 28 heavy (non-hydrogen) atoms. The fourth-order valence-corrected chi connectivity index (χ4v) is 4.64. The highest BCUT2D eigenvalue weighted by Gasteiger charge is 2.26. The van der Waals surface area contributed by atoms with Crippen molar-refractivity contribution in [3.05, 3.63) is 29.8 Å². The first-order valence-corrected chi connectivity index (χ1v) is 11.4. The van der Waals surface area contributed by atoms with Gasteiger partial charge in [0.1, 0.15) is 0 Å². The standard InChI is InChI=1S/C18H29N5O3S2/c1-22(2)11-7-10-19-18(27)21-20-17(24)15-8-6-9-16(14-15)28(25,26)23-12-4-3-5-13-23/h6,8-9,14H,3-5,7,10-13H2,1-2H3,(H,20,24)(H2,19,21,27)/p+1. The van der Waals surface area contributed by atoms with Gasteiger partial charge in [-0.25, -0.2) is 8.42 Å². The van der Waals surface area contributed by atoms with Gasteiger partial charge in [0, 0.05) is 31.6 Å². The maximum Gasteiger partial charge on any atom is 0.269 e. The molecule has 0 unspecified atom stereocenters. The highest BCUT2D eigenvalue weighted by molar-refractivity contribution is 7.89.